The molecule has 0 radical (unpaired) electrons. The van der Waals surface area contributed by atoms with Gasteiger partial charge in [-0.2, -0.15) is 0 Å². The highest BCUT2D eigenvalue weighted by Crippen LogP contribution is 2.19. The molecule has 2 nitrogen and oxygen atoms in total. The molecule has 0 unspecified atom stereocenters. The van der Waals surface area contributed by atoms with Gasteiger partial charge in [0.15, 0.2) is 0 Å². The highest BCUT2D eigenvalue weighted by Gasteiger charge is 1.95. The molecule has 1 aromatic rings. The van der Waals surface area contributed by atoms with Gasteiger partial charge in [-0.3, -0.25) is 5.84 Å². The second-order valence-electron chi connectivity index (χ2n) is 1.77. The van der Waals surface area contributed by atoms with E-state index >= 15 is 0 Å². The first-order valence-corrected chi connectivity index (χ1v) is 4.81. The Morgan fingerprint density at radius 3 is 2.50 bits per heavy atom. The minimum absolute atomic E-state index is 0.973. The van der Waals surface area contributed by atoms with E-state index in [0.29, 0.717) is 0 Å². The number of anilines is 1. The summed E-state index contributed by atoms with van der Waals surface area (Å²) in [5.74, 6) is 5.24. The van der Waals surface area contributed by atoms with Gasteiger partial charge in [-0.05, 0) is 63.4 Å². The molecule has 1 aromatic carbocycles. The number of benzene rings is 1. The van der Waals surface area contributed by atoms with Crippen molar-refractivity contribution in [2.75, 3.05) is 5.43 Å². The van der Waals surface area contributed by atoms with Gasteiger partial charge in [0.05, 0.1) is 5.69 Å². The summed E-state index contributed by atoms with van der Waals surface area (Å²) < 4.78 is 2.37. The van der Waals surface area contributed by atoms with Gasteiger partial charge < -0.3 is 5.43 Å². The number of nitrogens with one attached hydrogen (secondary N) is 1. The summed E-state index contributed by atoms with van der Waals surface area (Å²) in [5.41, 5.74) is 3.58. The first kappa shape index (κ1) is 8.54. The summed E-state index contributed by atoms with van der Waals surface area (Å²) in [6, 6.07) is 6.04. The van der Waals surface area contributed by atoms with Gasteiger partial charge in [0.2, 0.25) is 0 Å². The van der Waals surface area contributed by atoms with Gasteiger partial charge >= 0.3 is 0 Å². The Kier molecular flexibility index (Phi) is 3.18. The quantitative estimate of drug-likeness (QED) is 0.458. The topological polar surface area (TPSA) is 38.0 Å². The molecule has 3 N–H and O–H groups in total. The van der Waals surface area contributed by atoms with Gasteiger partial charge in [0, 0.05) is 7.14 Å². The van der Waals surface area contributed by atoms with Crippen molar-refractivity contribution in [3.05, 3.63) is 25.3 Å². The Balaban J connectivity index is 3.07. The predicted octanol–water partition coefficient (Wildman–Crippen LogP) is 2.18. The highest BCUT2D eigenvalue weighted by molar-refractivity contribution is 14.1. The van der Waals surface area contributed by atoms with Crippen molar-refractivity contribution < 1.29 is 0 Å². The number of hydrogen-bond acceptors (Lipinski definition) is 2. The van der Waals surface area contributed by atoms with Crippen LogP contribution in [0.4, 0.5) is 5.69 Å². The lowest BCUT2D eigenvalue weighted by Crippen LogP contribution is -2.07. The number of nitrogens with two attached hydrogens (primary N) is 1. The fourth-order valence-electron chi connectivity index (χ4n) is 0.607. The zero-order valence-corrected chi connectivity index (χ0v) is 9.38. The van der Waals surface area contributed by atoms with Crippen LogP contribution in [0.25, 0.3) is 0 Å². The third kappa shape index (κ3) is 1.96. The van der Waals surface area contributed by atoms with E-state index in [2.05, 4.69) is 56.7 Å². The van der Waals surface area contributed by atoms with Crippen molar-refractivity contribution in [2.45, 2.75) is 0 Å². The van der Waals surface area contributed by atoms with Crippen LogP contribution in [0.2, 0.25) is 0 Å². The smallest absolute Gasteiger partial charge is 0.0619 e. The van der Waals surface area contributed by atoms with Crippen LogP contribution in [0.1, 0.15) is 0 Å². The van der Waals surface area contributed by atoms with E-state index in [9.17, 15) is 0 Å². The van der Waals surface area contributed by atoms with Gasteiger partial charge in [-0.25, -0.2) is 0 Å². The van der Waals surface area contributed by atoms with E-state index < -0.39 is 0 Å². The van der Waals surface area contributed by atoms with Crippen molar-refractivity contribution >= 4 is 50.9 Å². The van der Waals surface area contributed by atoms with Gasteiger partial charge in [-0.15, -0.1) is 0 Å². The number of rotatable bonds is 1. The third-order valence-electron chi connectivity index (χ3n) is 1.09. The standard InChI is InChI=1S/C6H6I2N2/c7-4-1-2-6(10-9)5(8)3-4/h1-3,10H,9H2. The predicted molar refractivity (Wildman–Crippen MR) is 59.7 cm³/mol. The fraction of sp³-hybridized carbons (Fsp3) is 0. The largest absolute Gasteiger partial charge is 0.323 e. The van der Waals surface area contributed by atoms with Crippen molar-refractivity contribution in [1.82, 2.24) is 0 Å². The Bertz CT molecular complexity index is 237. The van der Waals surface area contributed by atoms with E-state index in [-0.39, 0.29) is 0 Å². The molecule has 0 bridgehead atoms. The average Bonchev–Trinajstić information content (AvgIpc) is 1.88. The van der Waals surface area contributed by atoms with Crippen LogP contribution in [0, 0.1) is 7.14 Å². The summed E-state index contributed by atoms with van der Waals surface area (Å²) in [6.45, 7) is 0. The Morgan fingerprint density at radius 2 is 2.00 bits per heavy atom. The molecule has 0 aliphatic carbocycles. The SMILES string of the molecule is NNc1ccc(I)cc1I. The van der Waals surface area contributed by atoms with E-state index in [1.807, 2.05) is 12.1 Å². The summed E-state index contributed by atoms with van der Waals surface area (Å²) >= 11 is 4.50. The van der Waals surface area contributed by atoms with Crippen LogP contribution in [0.5, 0.6) is 0 Å². The molecule has 4 heteroatoms. The number of halogens is 2. The molecule has 0 heterocycles. The zero-order valence-electron chi connectivity index (χ0n) is 5.07. The van der Waals surface area contributed by atoms with Crippen molar-refractivity contribution in [3.63, 3.8) is 0 Å². The minimum Gasteiger partial charge on any atom is -0.323 e. The lowest BCUT2D eigenvalue weighted by atomic mass is 10.3. The van der Waals surface area contributed by atoms with E-state index in [0.717, 1.165) is 9.26 Å². The van der Waals surface area contributed by atoms with Crippen molar-refractivity contribution in [1.29, 1.82) is 0 Å². The van der Waals surface area contributed by atoms with Gasteiger partial charge in [0.1, 0.15) is 0 Å². The normalized spacial score (nSPS) is 9.50. The molecular formula is C6H6I2N2. The molecule has 0 aromatic heterocycles. The fourth-order valence-corrected chi connectivity index (χ4v) is 2.36. The molecule has 54 valence electrons. The van der Waals surface area contributed by atoms with Crippen molar-refractivity contribution in [3.8, 4) is 0 Å². The zero-order chi connectivity index (χ0) is 7.56. The van der Waals surface area contributed by atoms with Gasteiger partial charge in [-0.1, -0.05) is 0 Å². The van der Waals surface area contributed by atoms with Crippen LogP contribution in [-0.2, 0) is 0 Å². The molecule has 0 fully saturated rings. The Hall–Kier alpha value is 0.440. The van der Waals surface area contributed by atoms with E-state index in [4.69, 9.17) is 5.84 Å². The van der Waals surface area contributed by atoms with Crippen LogP contribution < -0.4 is 11.3 Å². The first-order valence-electron chi connectivity index (χ1n) is 2.65. The second-order valence-corrected chi connectivity index (χ2v) is 4.18. The lowest BCUT2D eigenvalue weighted by Gasteiger charge is -2.01. The Labute approximate surface area is 86.8 Å². The number of nitrogen functional groups attached to an aromatic ring is 1. The number of hydrazine groups is 1. The maximum Gasteiger partial charge on any atom is 0.0619 e. The molecule has 0 aliphatic rings. The second kappa shape index (κ2) is 3.72. The molecule has 0 saturated heterocycles. The molecule has 0 spiro atoms. The summed E-state index contributed by atoms with van der Waals surface area (Å²) in [7, 11) is 0. The summed E-state index contributed by atoms with van der Waals surface area (Å²) in [6.07, 6.45) is 0. The molecule has 0 saturated carbocycles. The molecule has 0 amide bonds. The third-order valence-corrected chi connectivity index (χ3v) is 2.65. The maximum atomic E-state index is 5.24. The van der Waals surface area contributed by atoms with Crippen LogP contribution >= 0.6 is 45.2 Å². The van der Waals surface area contributed by atoms with E-state index in [1.54, 1.807) is 0 Å². The maximum absolute atomic E-state index is 5.24. The Morgan fingerprint density at radius 1 is 1.30 bits per heavy atom. The molecule has 0 atom stereocenters. The minimum atomic E-state index is 0.973. The van der Waals surface area contributed by atoms with Gasteiger partial charge in [0.25, 0.3) is 0 Å². The molecule has 0 aliphatic heterocycles. The monoisotopic (exact) mass is 360 g/mol. The molecular weight excluding hydrogens is 354 g/mol. The lowest BCUT2D eigenvalue weighted by molar-refractivity contribution is 1.33. The van der Waals surface area contributed by atoms with Crippen LogP contribution in [-0.4, -0.2) is 0 Å². The van der Waals surface area contributed by atoms with Crippen LogP contribution in [0.3, 0.4) is 0 Å². The summed E-state index contributed by atoms with van der Waals surface area (Å²) in [5, 5.41) is 0. The van der Waals surface area contributed by atoms with E-state index in [1.165, 1.54) is 3.57 Å². The molecule has 1 rings (SSSR count). The highest BCUT2D eigenvalue weighted by atomic mass is 127. The summed E-state index contributed by atoms with van der Waals surface area (Å²) in [4.78, 5) is 0. The van der Waals surface area contributed by atoms with Crippen LogP contribution in [0.15, 0.2) is 18.2 Å². The number of hydrogen-bond donors (Lipinski definition) is 2. The first-order chi connectivity index (χ1) is 4.74. The average molecular weight is 360 g/mol. The molecule has 10 heavy (non-hydrogen) atoms. The van der Waals surface area contributed by atoms with Crippen molar-refractivity contribution in [2.24, 2.45) is 5.84 Å².